The van der Waals surface area contributed by atoms with E-state index in [1.165, 1.54) is 0 Å². The van der Waals surface area contributed by atoms with Gasteiger partial charge in [0.05, 0.1) is 12.5 Å². The van der Waals surface area contributed by atoms with Gasteiger partial charge in [-0.1, -0.05) is 0 Å². The quantitative estimate of drug-likeness (QED) is 0.743. The van der Waals surface area contributed by atoms with Gasteiger partial charge in [-0.2, -0.15) is 4.98 Å². The molecule has 2 heterocycles. The molecule has 4 nitrogen and oxygen atoms in total. The smallest absolute Gasteiger partial charge is 0.218 e. The van der Waals surface area contributed by atoms with Crippen LogP contribution in [0.15, 0.2) is 6.07 Å². The highest BCUT2D eigenvalue weighted by molar-refractivity contribution is 6.21. The van der Waals surface area contributed by atoms with Crippen LogP contribution in [-0.2, 0) is 0 Å². The minimum Gasteiger partial charge on any atom is -0.481 e. The summed E-state index contributed by atoms with van der Waals surface area (Å²) in [5.74, 6) is 2.25. The molecule has 0 spiro atoms. The second-order valence-electron chi connectivity index (χ2n) is 4.00. The summed E-state index contributed by atoms with van der Waals surface area (Å²) < 4.78 is 5.14. The van der Waals surface area contributed by atoms with Gasteiger partial charge in [-0.05, 0) is 19.8 Å². The Morgan fingerprint density at radius 2 is 2.31 bits per heavy atom. The minimum absolute atomic E-state index is 0.218. The maximum Gasteiger partial charge on any atom is 0.218 e. The van der Waals surface area contributed by atoms with Gasteiger partial charge >= 0.3 is 0 Å². The SMILES string of the molecule is COc1cc(N2CCCC(Cl)C2)nc(C)n1. The van der Waals surface area contributed by atoms with E-state index in [-0.39, 0.29) is 5.38 Å². The van der Waals surface area contributed by atoms with Crippen LogP contribution in [0.4, 0.5) is 5.82 Å². The maximum atomic E-state index is 6.16. The molecule has 0 aromatic carbocycles. The third kappa shape index (κ3) is 2.55. The van der Waals surface area contributed by atoms with Crippen molar-refractivity contribution in [1.29, 1.82) is 0 Å². The molecule has 1 fully saturated rings. The second-order valence-corrected chi connectivity index (χ2v) is 4.62. The van der Waals surface area contributed by atoms with E-state index in [9.17, 15) is 0 Å². The predicted molar refractivity (Wildman–Crippen MR) is 64.4 cm³/mol. The number of anilines is 1. The van der Waals surface area contributed by atoms with Gasteiger partial charge in [0.25, 0.3) is 0 Å². The van der Waals surface area contributed by atoms with Crippen molar-refractivity contribution in [3.05, 3.63) is 11.9 Å². The van der Waals surface area contributed by atoms with Crippen molar-refractivity contribution in [1.82, 2.24) is 9.97 Å². The first-order valence-electron chi connectivity index (χ1n) is 5.47. The molecule has 1 aromatic rings. The van der Waals surface area contributed by atoms with Crippen molar-refractivity contribution in [3.63, 3.8) is 0 Å². The fourth-order valence-electron chi connectivity index (χ4n) is 1.93. The summed E-state index contributed by atoms with van der Waals surface area (Å²) in [5.41, 5.74) is 0. The molecule has 1 saturated heterocycles. The molecule has 5 heteroatoms. The normalized spacial score (nSPS) is 20.9. The first-order chi connectivity index (χ1) is 7.69. The highest BCUT2D eigenvalue weighted by atomic mass is 35.5. The summed E-state index contributed by atoms with van der Waals surface area (Å²) in [4.78, 5) is 10.8. The Morgan fingerprint density at radius 3 is 3.00 bits per heavy atom. The van der Waals surface area contributed by atoms with Gasteiger partial charge < -0.3 is 9.64 Å². The molecule has 0 saturated carbocycles. The molecule has 0 N–H and O–H groups in total. The summed E-state index contributed by atoms with van der Waals surface area (Å²) in [5, 5.41) is 0.218. The van der Waals surface area contributed by atoms with E-state index < -0.39 is 0 Å². The molecule has 1 aliphatic heterocycles. The van der Waals surface area contributed by atoms with Crippen molar-refractivity contribution in [2.24, 2.45) is 0 Å². The van der Waals surface area contributed by atoms with E-state index in [0.29, 0.717) is 5.88 Å². The predicted octanol–water partition coefficient (Wildman–Crippen LogP) is 2.00. The molecule has 0 radical (unpaired) electrons. The lowest BCUT2D eigenvalue weighted by molar-refractivity contribution is 0.395. The van der Waals surface area contributed by atoms with E-state index in [1.54, 1.807) is 7.11 Å². The van der Waals surface area contributed by atoms with Gasteiger partial charge in [0.2, 0.25) is 5.88 Å². The Morgan fingerprint density at radius 1 is 1.50 bits per heavy atom. The first-order valence-corrected chi connectivity index (χ1v) is 5.91. The highest BCUT2D eigenvalue weighted by Gasteiger charge is 2.19. The summed E-state index contributed by atoms with van der Waals surface area (Å²) in [7, 11) is 1.62. The van der Waals surface area contributed by atoms with E-state index in [4.69, 9.17) is 16.3 Å². The molecule has 1 atom stereocenters. The van der Waals surface area contributed by atoms with Gasteiger partial charge in [-0.3, -0.25) is 0 Å². The van der Waals surface area contributed by atoms with Crippen LogP contribution in [0.3, 0.4) is 0 Å². The van der Waals surface area contributed by atoms with Crippen molar-refractivity contribution < 1.29 is 4.74 Å². The molecule has 1 aliphatic rings. The number of hydrogen-bond acceptors (Lipinski definition) is 4. The molecular formula is C11H16ClN3O. The van der Waals surface area contributed by atoms with Gasteiger partial charge in [-0.15, -0.1) is 11.6 Å². The number of ether oxygens (including phenoxy) is 1. The fourth-order valence-corrected chi connectivity index (χ4v) is 2.25. The van der Waals surface area contributed by atoms with Gasteiger partial charge in [-0.25, -0.2) is 4.98 Å². The van der Waals surface area contributed by atoms with E-state index in [1.807, 2.05) is 13.0 Å². The van der Waals surface area contributed by atoms with Gasteiger partial charge in [0.15, 0.2) is 0 Å². The third-order valence-corrected chi connectivity index (χ3v) is 3.05. The number of alkyl halides is 1. The largest absolute Gasteiger partial charge is 0.481 e. The maximum absolute atomic E-state index is 6.16. The summed E-state index contributed by atoms with van der Waals surface area (Å²) in [6.07, 6.45) is 2.19. The van der Waals surface area contributed by atoms with Gasteiger partial charge in [0.1, 0.15) is 11.6 Å². The molecule has 88 valence electrons. The molecule has 0 aliphatic carbocycles. The molecule has 16 heavy (non-hydrogen) atoms. The van der Waals surface area contributed by atoms with Crippen LogP contribution in [0.5, 0.6) is 5.88 Å². The van der Waals surface area contributed by atoms with Gasteiger partial charge in [0, 0.05) is 19.2 Å². The molecule has 1 unspecified atom stereocenters. The Hall–Kier alpha value is -1.03. The number of piperidine rings is 1. The van der Waals surface area contributed by atoms with Crippen LogP contribution >= 0.6 is 11.6 Å². The lowest BCUT2D eigenvalue weighted by Crippen LogP contribution is -2.36. The van der Waals surface area contributed by atoms with Crippen molar-refractivity contribution in [2.75, 3.05) is 25.1 Å². The average molecular weight is 242 g/mol. The molecule has 0 amide bonds. The number of rotatable bonds is 2. The number of nitrogens with zero attached hydrogens (tertiary/aromatic N) is 3. The van der Waals surface area contributed by atoms with Crippen LogP contribution in [0.1, 0.15) is 18.7 Å². The van der Waals surface area contributed by atoms with Crippen LogP contribution in [0.25, 0.3) is 0 Å². The first kappa shape index (κ1) is 11.5. The number of aryl methyl sites for hydroxylation is 1. The van der Waals surface area contributed by atoms with E-state index >= 15 is 0 Å². The Balaban J connectivity index is 2.21. The Labute approximate surface area is 101 Å². The summed E-state index contributed by atoms with van der Waals surface area (Å²) >= 11 is 6.16. The number of hydrogen-bond donors (Lipinski definition) is 0. The second kappa shape index (κ2) is 4.87. The summed E-state index contributed by atoms with van der Waals surface area (Å²) in [6, 6.07) is 1.86. The van der Waals surface area contributed by atoms with Crippen LogP contribution in [0.2, 0.25) is 0 Å². The molecule has 1 aromatic heterocycles. The molecule has 2 rings (SSSR count). The van der Waals surface area contributed by atoms with Crippen molar-refractivity contribution in [2.45, 2.75) is 25.1 Å². The minimum atomic E-state index is 0.218. The fraction of sp³-hybridized carbons (Fsp3) is 0.636. The zero-order chi connectivity index (χ0) is 11.5. The number of methoxy groups -OCH3 is 1. The lowest BCUT2D eigenvalue weighted by Gasteiger charge is -2.30. The van der Waals surface area contributed by atoms with Crippen molar-refractivity contribution >= 4 is 17.4 Å². The standard InChI is InChI=1S/C11H16ClN3O/c1-8-13-10(6-11(14-8)16-2)15-5-3-4-9(12)7-15/h6,9H,3-5,7H2,1-2H3. The zero-order valence-electron chi connectivity index (χ0n) is 9.61. The van der Waals surface area contributed by atoms with Crippen LogP contribution in [-0.4, -0.2) is 35.5 Å². The molecular weight excluding hydrogens is 226 g/mol. The Bertz CT molecular complexity index is 372. The number of halogens is 1. The van der Waals surface area contributed by atoms with Crippen LogP contribution in [0, 0.1) is 6.92 Å². The highest BCUT2D eigenvalue weighted by Crippen LogP contribution is 2.23. The van der Waals surface area contributed by atoms with E-state index in [0.717, 1.165) is 37.6 Å². The average Bonchev–Trinajstić information content (AvgIpc) is 2.28. The van der Waals surface area contributed by atoms with Crippen LogP contribution < -0.4 is 9.64 Å². The third-order valence-electron chi connectivity index (χ3n) is 2.70. The summed E-state index contributed by atoms with van der Waals surface area (Å²) in [6.45, 7) is 3.72. The topological polar surface area (TPSA) is 38.2 Å². The van der Waals surface area contributed by atoms with E-state index in [2.05, 4.69) is 14.9 Å². The lowest BCUT2D eigenvalue weighted by atomic mass is 10.1. The van der Waals surface area contributed by atoms with Crippen molar-refractivity contribution in [3.8, 4) is 5.88 Å². The molecule has 0 bridgehead atoms. The number of aromatic nitrogens is 2. The Kier molecular flexibility index (Phi) is 3.49. The monoisotopic (exact) mass is 241 g/mol. The zero-order valence-corrected chi connectivity index (χ0v) is 10.4.